The number of sulfonamides is 1. The molecule has 0 heterocycles. The van der Waals surface area contributed by atoms with Gasteiger partial charge in [0, 0.05) is 5.75 Å². The number of amides is 2. The first-order valence-corrected chi connectivity index (χ1v) is 7.01. The van der Waals surface area contributed by atoms with Gasteiger partial charge >= 0.3 is 6.03 Å². The van der Waals surface area contributed by atoms with Crippen LogP contribution in [0.5, 0.6) is 0 Å². The standard InChI is InChI=1S/C7H16N2O4S2/c1-4-6(3)15(12,13)9(11)7(10)8-14-5-2/h6,11H,4-5H2,1-3H3,(H,8,10). The molecule has 1 atom stereocenters. The maximum absolute atomic E-state index is 11.5. The zero-order valence-electron chi connectivity index (χ0n) is 8.93. The van der Waals surface area contributed by atoms with Crippen LogP contribution in [0.4, 0.5) is 4.79 Å². The zero-order valence-corrected chi connectivity index (χ0v) is 10.6. The van der Waals surface area contributed by atoms with Crippen LogP contribution in [-0.4, -0.2) is 35.1 Å². The summed E-state index contributed by atoms with van der Waals surface area (Å²) in [5.41, 5.74) is 0. The number of nitrogens with one attached hydrogen (secondary N) is 1. The van der Waals surface area contributed by atoms with Crippen molar-refractivity contribution in [2.24, 2.45) is 0 Å². The molecule has 0 aromatic rings. The Hall–Kier alpha value is -0.470. The summed E-state index contributed by atoms with van der Waals surface area (Å²) in [5.74, 6) is 0.586. The fraction of sp³-hybridized carbons (Fsp3) is 0.857. The lowest BCUT2D eigenvalue weighted by atomic mass is 10.4. The molecule has 2 amide bonds. The molecule has 0 rings (SSSR count). The maximum Gasteiger partial charge on any atom is 0.365 e. The third-order valence-corrected chi connectivity index (χ3v) is 4.41. The molecule has 0 aliphatic carbocycles. The Balaban J connectivity index is 4.56. The predicted molar refractivity (Wildman–Crippen MR) is 59.0 cm³/mol. The van der Waals surface area contributed by atoms with Crippen LogP contribution in [-0.2, 0) is 10.0 Å². The number of nitrogens with zero attached hydrogens (tertiary/aromatic N) is 1. The van der Waals surface area contributed by atoms with Gasteiger partial charge < -0.3 is 0 Å². The second kappa shape index (κ2) is 6.19. The number of carbonyl (C=O) groups is 1. The summed E-state index contributed by atoms with van der Waals surface area (Å²) in [6.45, 7) is 4.88. The van der Waals surface area contributed by atoms with Crippen molar-refractivity contribution in [3.8, 4) is 0 Å². The van der Waals surface area contributed by atoms with Gasteiger partial charge in [-0.05, 0) is 25.3 Å². The molecule has 0 fully saturated rings. The van der Waals surface area contributed by atoms with Crippen LogP contribution in [0.3, 0.4) is 0 Å². The second-order valence-corrected chi connectivity index (χ2v) is 6.10. The van der Waals surface area contributed by atoms with Crippen LogP contribution >= 0.6 is 11.9 Å². The van der Waals surface area contributed by atoms with Crippen molar-refractivity contribution in [2.45, 2.75) is 32.4 Å². The van der Waals surface area contributed by atoms with Crippen LogP contribution in [0.25, 0.3) is 0 Å². The molecule has 0 aliphatic rings. The highest BCUT2D eigenvalue weighted by molar-refractivity contribution is 7.98. The third-order valence-electron chi connectivity index (χ3n) is 1.80. The van der Waals surface area contributed by atoms with Gasteiger partial charge in [-0.1, -0.05) is 18.3 Å². The first kappa shape index (κ1) is 14.5. The molecule has 0 saturated heterocycles. The number of hydroxylamine groups is 1. The lowest BCUT2D eigenvalue weighted by molar-refractivity contribution is 0.0429. The molecule has 8 heteroatoms. The van der Waals surface area contributed by atoms with Gasteiger partial charge in [-0.25, -0.2) is 13.2 Å². The van der Waals surface area contributed by atoms with Gasteiger partial charge in [-0.2, -0.15) is 0 Å². The monoisotopic (exact) mass is 256 g/mol. The predicted octanol–water partition coefficient (Wildman–Crippen LogP) is 1.18. The molecular weight excluding hydrogens is 240 g/mol. The Morgan fingerprint density at radius 1 is 1.53 bits per heavy atom. The van der Waals surface area contributed by atoms with E-state index in [0.29, 0.717) is 12.2 Å². The number of hydrogen-bond donors (Lipinski definition) is 2. The molecule has 15 heavy (non-hydrogen) atoms. The quantitative estimate of drug-likeness (QED) is 0.438. The van der Waals surface area contributed by atoms with E-state index in [4.69, 9.17) is 0 Å². The number of urea groups is 1. The summed E-state index contributed by atoms with van der Waals surface area (Å²) in [4.78, 5) is 11.1. The lowest BCUT2D eigenvalue weighted by Gasteiger charge is -2.18. The molecule has 6 nitrogen and oxygen atoms in total. The summed E-state index contributed by atoms with van der Waals surface area (Å²) in [6.07, 6.45) is 0.327. The van der Waals surface area contributed by atoms with E-state index in [9.17, 15) is 18.4 Å². The van der Waals surface area contributed by atoms with Crippen molar-refractivity contribution in [1.29, 1.82) is 0 Å². The van der Waals surface area contributed by atoms with Gasteiger partial charge in [0.05, 0.1) is 5.25 Å². The Bertz CT molecular complexity index is 304. The number of carbonyl (C=O) groups excluding carboxylic acids is 1. The molecule has 0 saturated carbocycles. The van der Waals surface area contributed by atoms with Crippen molar-refractivity contribution in [2.75, 3.05) is 5.75 Å². The molecule has 0 aromatic carbocycles. The molecule has 0 bridgehead atoms. The van der Waals surface area contributed by atoms with E-state index in [-0.39, 0.29) is 4.47 Å². The molecule has 1 unspecified atom stereocenters. The van der Waals surface area contributed by atoms with Gasteiger partial charge in [-0.3, -0.25) is 9.93 Å². The molecule has 2 N–H and O–H groups in total. The van der Waals surface area contributed by atoms with Crippen LogP contribution in [0.1, 0.15) is 27.2 Å². The summed E-state index contributed by atoms with van der Waals surface area (Å²) < 4.78 is 24.9. The van der Waals surface area contributed by atoms with Gasteiger partial charge in [0.2, 0.25) is 0 Å². The third kappa shape index (κ3) is 3.88. The maximum atomic E-state index is 11.5. The minimum Gasteiger partial charge on any atom is -0.279 e. The van der Waals surface area contributed by atoms with E-state index in [1.54, 1.807) is 13.8 Å². The summed E-state index contributed by atoms with van der Waals surface area (Å²) >= 11 is 1.01. The largest absolute Gasteiger partial charge is 0.365 e. The molecule has 0 aromatic heterocycles. The molecule has 0 aliphatic heterocycles. The van der Waals surface area contributed by atoms with Crippen molar-refractivity contribution >= 4 is 28.0 Å². The summed E-state index contributed by atoms with van der Waals surface area (Å²) in [6, 6.07) is -1.04. The van der Waals surface area contributed by atoms with Crippen LogP contribution < -0.4 is 4.72 Å². The highest BCUT2D eigenvalue weighted by Crippen LogP contribution is 2.10. The zero-order chi connectivity index (χ0) is 12.1. The van der Waals surface area contributed by atoms with Crippen molar-refractivity contribution in [3.63, 3.8) is 0 Å². The van der Waals surface area contributed by atoms with Crippen molar-refractivity contribution in [3.05, 3.63) is 0 Å². The van der Waals surface area contributed by atoms with Crippen LogP contribution in [0, 0.1) is 0 Å². The first-order chi connectivity index (χ1) is 6.87. The van der Waals surface area contributed by atoms with Gasteiger partial charge in [-0.15, -0.1) is 0 Å². The highest BCUT2D eigenvalue weighted by Gasteiger charge is 2.30. The summed E-state index contributed by atoms with van der Waals surface area (Å²) in [5, 5.41) is 8.40. The topological polar surface area (TPSA) is 86.7 Å². The minimum atomic E-state index is -3.96. The SMILES string of the molecule is CCSNC(=O)N(O)S(=O)(=O)C(C)CC. The number of hydrogen-bond acceptors (Lipinski definition) is 5. The fourth-order valence-corrected chi connectivity index (χ4v) is 2.12. The van der Waals surface area contributed by atoms with E-state index in [2.05, 4.69) is 4.72 Å². The highest BCUT2D eigenvalue weighted by atomic mass is 32.2. The Labute approximate surface area is 94.2 Å². The Kier molecular flexibility index (Phi) is 5.99. The van der Waals surface area contributed by atoms with E-state index in [1.807, 2.05) is 0 Å². The minimum absolute atomic E-state index is 0.232. The number of rotatable bonds is 5. The fourth-order valence-electron chi connectivity index (χ4n) is 0.670. The van der Waals surface area contributed by atoms with E-state index >= 15 is 0 Å². The Morgan fingerprint density at radius 3 is 2.47 bits per heavy atom. The van der Waals surface area contributed by atoms with Gasteiger partial charge in [0.25, 0.3) is 10.0 Å². The molecule has 0 spiro atoms. The summed E-state index contributed by atoms with van der Waals surface area (Å²) in [7, 11) is -3.96. The molecule has 90 valence electrons. The average molecular weight is 256 g/mol. The van der Waals surface area contributed by atoms with E-state index < -0.39 is 21.3 Å². The smallest absolute Gasteiger partial charge is 0.279 e. The average Bonchev–Trinajstić information content (AvgIpc) is 2.23. The van der Waals surface area contributed by atoms with E-state index in [0.717, 1.165) is 11.9 Å². The van der Waals surface area contributed by atoms with Crippen LogP contribution in [0.15, 0.2) is 0 Å². The van der Waals surface area contributed by atoms with E-state index in [1.165, 1.54) is 6.92 Å². The van der Waals surface area contributed by atoms with Crippen molar-refractivity contribution < 1.29 is 18.4 Å². The Morgan fingerprint density at radius 2 is 2.07 bits per heavy atom. The lowest BCUT2D eigenvalue weighted by Crippen LogP contribution is -2.43. The van der Waals surface area contributed by atoms with Crippen molar-refractivity contribution in [1.82, 2.24) is 9.19 Å². The molecule has 0 radical (unpaired) electrons. The van der Waals surface area contributed by atoms with Gasteiger partial charge in [0.1, 0.15) is 0 Å². The molecular formula is C7H16N2O4S2. The first-order valence-electron chi connectivity index (χ1n) is 4.52. The second-order valence-electron chi connectivity index (χ2n) is 2.85. The van der Waals surface area contributed by atoms with Crippen LogP contribution in [0.2, 0.25) is 0 Å². The van der Waals surface area contributed by atoms with Gasteiger partial charge in [0.15, 0.2) is 0 Å². The normalized spacial score (nSPS) is 13.3.